The van der Waals surface area contributed by atoms with Crippen LogP contribution in [0.15, 0.2) is 0 Å². The number of aliphatic hydroxyl groups is 2. The number of hydrogen-bond acceptors (Lipinski definition) is 3. The van der Waals surface area contributed by atoms with Crippen LogP contribution < -0.4 is 0 Å². The number of hydrogen-bond donors (Lipinski definition) is 3. The molecule has 0 aromatic carbocycles. The van der Waals surface area contributed by atoms with Gasteiger partial charge in [-0.15, -0.1) is 0 Å². The normalized spacial score (nSPS) is 18.2. The summed E-state index contributed by atoms with van der Waals surface area (Å²) in [6.45, 7) is -0.497. The van der Waals surface area contributed by atoms with Gasteiger partial charge in [-0.3, -0.25) is 4.79 Å². The van der Waals surface area contributed by atoms with E-state index in [2.05, 4.69) is 0 Å². The smallest absolute Gasteiger partial charge is 0.303 e. The molecule has 0 saturated heterocycles. The van der Waals surface area contributed by atoms with Crippen LogP contribution >= 0.6 is 0 Å². The van der Waals surface area contributed by atoms with Gasteiger partial charge in [-0.25, -0.2) is 0 Å². The van der Waals surface area contributed by atoms with Crippen molar-refractivity contribution < 1.29 is 21.5 Å². The molecule has 0 rings (SSSR count). The fraction of sp³-hybridized carbons (Fsp3) is 0.800. The van der Waals surface area contributed by atoms with Crippen LogP contribution in [0, 0.1) is 0 Å². The van der Waals surface area contributed by atoms with E-state index in [9.17, 15) is 4.79 Å². The Morgan fingerprint density at radius 3 is 2.67 bits per heavy atom. The third-order valence-corrected chi connectivity index (χ3v) is 0.775. The van der Waals surface area contributed by atoms with Crippen molar-refractivity contribution in [3.05, 3.63) is 0 Å². The quantitative estimate of drug-likeness (QED) is 0.471. The maximum absolute atomic E-state index is 9.97. The Hall–Kier alpha value is -0.610. The number of aliphatic hydroxyl groups excluding tert-OH is 2. The van der Waals surface area contributed by atoms with Crippen LogP contribution in [0.5, 0.6) is 0 Å². The Morgan fingerprint density at radius 1 is 1.78 bits per heavy atom. The number of carboxylic acids is 1. The first kappa shape index (κ1) is 6.51. The molecule has 0 aliphatic rings. The van der Waals surface area contributed by atoms with Gasteiger partial charge in [0, 0.05) is 7.77 Å². The molecule has 0 radical (unpaired) electrons. The predicted molar refractivity (Wildman–Crippen MR) is 30.0 cm³/mol. The van der Waals surface area contributed by atoms with E-state index >= 15 is 0 Å². The maximum atomic E-state index is 9.97. The van der Waals surface area contributed by atoms with E-state index in [1.54, 1.807) is 0 Å². The lowest BCUT2D eigenvalue weighted by molar-refractivity contribution is -0.137. The van der Waals surface area contributed by atoms with Crippen molar-refractivity contribution >= 4 is 5.97 Å². The first-order chi connectivity index (χ1) is 4.57. The van der Waals surface area contributed by atoms with E-state index in [-0.39, 0.29) is 6.42 Å². The molecule has 0 aliphatic heterocycles. The molecule has 4 nitrogen and oxygen atoms in total. The van der Waals surface area contributed by atoms with Crippen molar-refractivity contribution in [2.24, 2.45) is 0 Å². The standard InChI is InChI=1S/C5H10O4/c6-3-4(7)1-2-5(8)9/h4,6-7H,1-3H2,(H,8,9)/t4-/m0/s1/i2D/t2-,4+/m1. The van der Waals surface area contributed by atoms with Gasteiger partial charge in [-0.05, 0) is 6.42 Å². The molecular weight excluding hydrogens is 124 g/mol. The average Bonchev–Trinajstić information content (AvgIpc) is 1.87. The molecule has 9 heavy (non-hydrogen) atoms. The molecule has 0 saturated carbocycles. The zero-order valence-electron chi connectivity index (χ0n) is 5.82. The third kappa shape index (κ3) is 5.26. The molecule has 0 amide bonds. The largest absolute Gasteiger partial charge is 0.481 e. The highest BCUT2D eigenvalue weighted by atomic mass is 16.4. The second kappa shape index (κ2) is 4.29. The van der Waals surface area contributed by atoms with Crippen molar-refractivity contribution in [2.45, 2.75) is 18.9 Å². The molecule has 3 N–H and O–H groups in total. The van der Waals surface area contributed by atoms with E-state index in [1.807, 2.05) is 0 Å². The summed E-state index contributed by atoms with van der Waals surface area (Å²) in [6, 6.07) is 0. The highest BCUT2D eigenvalue weighted by Crippen LogP contribution is 1.94. The minimum Gasteiger partial charge on any atom is -0.481 e. The molecule has 54 valence electrons. The van der Waals surface area contributed by atoms with Gasteiger partial charge < -0.3 is 15.3 Å². The molecule has 0 fully saturated rings. The van der Waals surface area contributed by atoms with Gasteiger partial charge in [0.2, 0.25) is 0 Å². The van der Waals surface area contributed by atoms with Crippen molar-refractivity contribution in [1.29, 1.82) is 0 Å². The van der Waals surface area contributed by atoms with Crippen molar-refractivity contribution in [2.75, 3.05) is 6.61 Å². The summed E-state index contributed by atoms with van der Waals surface area (Å²) in [7, 11) is 0. The fourth-order valence-electron chi connectivity index (χ4n) is 0.311. The predicted octanol–water partition coefficient (Wildman–Crippen LogP) is -0.796. The summed E-state index contributed by atoms with van der Waals surface area (Å²) in [5.74, 6) is -1.28. The van der Waals surface area contributed by atoms with Crippen LogP contribution in [-0.4, -0.2) is 34.0 Å². The summed E-state index contributed by atoms with van der Waals surface area (Å²) in [4.78, 5) is 9.97. The Balaban J connectivity index is 3.56. The van der Waals surface area contributed by atoms with Gasteiger partial charge in [0.05, 0.1) is 12.7 Å². The van der Waals surface area contributed by atoms with Crippen LogP contribution in [0.2, 0.25) is 0 Å². The molecular formula is C5H10O4. The molecule has 0 unspecified atom stereocenters. The fourth-order valence-corrected chi connectivity index (χ4v) is 0.311. The molecule has 4 heteroatoms. The van der Waals surface area contributed by atoms with Gasteiger partial charge in [0.15, 0.2) is 0 Å². The lowest BCUT2D eigenvalue weighted by Crippen LogP contribution is -2.13. The Labute approximate surface area is 54.1 Å². The highest BCUT2D eigenvalue weighted by molar-refractivity contribution is 5.66. The van der Waals surface area contributed by atoms with E-state index in [0.29, 0.717) is 0 Å². The van der Waals surface area contributed by atoms with Crippen molar-refractivity contribution in [1.82, 2.24) is 0 Å². The van der Waals surface area contributed by atoms with Crippen LogP contribution in [0.1, 0.15) is 14.2 Å². The second-order valence-electron chi connectivity index (χ2n) is 1.61. The highest BCUT2D eigenvalue weighted by Gasteiger charge is 2.03. The summed E-state index contributed by atoms with van der Waals surface area (Å²) in [5.41, 5.74) is 0. The number of carboxylic acid groups (broad SMARTS) is 1. The summed E-state index contributed by atoms with van der Waals surface area (Å²) < 4.78 is 6.79. The zero-order valence-corrected chi connectivity index (χ0v) is 4.82. The average molecular weight is 135 g/mol. The SMILES string of the molecule is [2H][C@H](C[C@H](O)CO)C(=O)O. The van der Waals surface area contributed by atoms with Crippen LogP contribution in [-0.2, 0) is 4.79 Å². The van der Waals surface area contributed by atoms with Crippen molar-refractivity contribution in [3.63, 3.8) is 0 Å². The van der Waals surface area contributed by atoms with Crippen LogP contribution in [0.25, 0.3) is 0 Å². The summed E-state index contributed by atoms with van der Waals surface area (Å²) >= 11 is 0. The molecule has 0 aliphatic carbocycles. The summed E-state index contributed by atoms with van der Waals surface area (Å²) in [6.07, 6.45) is -2.67. The Bertz CT molecular complexity index is 116. The topological polar surface area (TPSA) is 77.8 Å². The second-order valence-corrected chi connectivity index (χ2v) is 1.61. The molecule has 0 aromatic heterocycles. The lowest BCUT2D eigenvalue weighted by Gasteiger charge is -2.01. The molecule has 2 atom stereocenters. The van der Waals surface area contributed by atoms with Gasteiger partial charge in [0.25, 0.3) is 0 Å². The minimum atomic E-state index is -1.35. The monoisotopic (exact) mass is 135 g/mol. The first-order valence-corrected chi connectivity index (χ1v) is 2.52. The zero-order chi connectivity index (χ0) is 8.15. The molecule has 0 aromatic rings. The first-order valence-electron chi connectivity index (χ1n) is 3.09. The number of aliphatic carboxylic acids is 1. The van der Waals surface area contributed by atoms with E-state index in [1.165, 1.54) is 0 Å². The number of carbonyl (C=O) groups is 1. The van der Waals surface area contributed by atoms with Crippen LogP contribution in [0.4, 0.5) is 0 Å². The Kier molecular flexibility index (Phi) is 3.10. The molecule has 0 heterocycles. The van der Waals surface area contributed by atoms with Gasteiger partial charge in [0.1, 0.15) is 0 Å². The van der Waals surface area contributed by atoms with Gasteiger partial charge in [-0.2, -0.15) is 0 Å². The van der Waals surface area contributed by atoms with E-state index < -0.39 is 25.1 Å². The summed E-state index contributed by atoms with van der Waals surface area (Å²) in [5, 5.41) is 25.0. The molecule has 0 bridgehead atoms. The third-order valence-electron chi connectivity index (χ3n) is 0.775. The van der Waals surface area contributed by atoms with E-state index in [0.717, 1.165) is 0 Å². The lowest BCUT2D eigenvalue weighted by atomic mass is 10.2. The van der Waals surface area contributed by atoms with Crippen molar-refractivity contribution in [3.8, 4) is 0 Å². The number of rotatable bonds is 4. The van der Waals surface area contributed by atoms with Gasteiger partial charge in [-0.1, -0.05) is 0 Å². The van der Waals surface area contributed by atoms with Crippen LogP contribution in [0.3, 0.4) is 0 Å². The van der Waals surface area contributed by atoms with E-state index in [4.69, 9.17) is 16.7 Å². The molecule has 0 spiro atoms. The minimum absolute atomic E-state index is 0.230. The maximum Gasteiger partial charge on any atom is 0.303 e. The Morgan fingerprint density at radius 2 is 2.33 bits per heavy atom. The van der Waals surface area contributed by atoms with Gasteiger partial charge >= 0.3 is 5.97 Å².